The first kappa shape index (κ1) is 11.3. The third kappa shape index (κ3) is 2.01. The van der Waals surface area contributed by atoms with E-state index >= 15 is 0 Å². The van der Waals surface area contributed by atoms with Gasteiger partial charge in [-0.3, -0.25) is 4.98 Å². The van der Waals surface area contributed by atoms with Gasteiger partial charge in [-0.1, -0.05) is 6.07 Å². The molecule has 3 heteroatoms. The van der Waals surface area contributed by atoms with Crippen molar-refractivity contribution in [2.75, 3.05) is 0 Å². The molecule has 0 aliphatic rings. The maximum atomic E-state index is 10.3. The van der Waals surface area contributed by atoms with E-state index < -0.39 is 6.10 Å². The highest BCUT2D eigenvalue weighted by Crippen LogP contribution is 2.30. The van der Waals surface area contributed by atoms with Crippen LogP contribution in [-0.2, 0) is 0 Å². The molecule has 0 spiro atoms. The van der Waals surface area contributed by atoms with Crippen LogP contribution in [0.5, 0.6) is 0 Å². The fourth-order valence-electron chi connectivity index (χ4n) is 1.79. The molecule has 2 nitrogen and oxygen atoms in total. The monoisotopic (exact) mass is 233 g/mol. The van der Waals surface area contributed by atoms with Gasteiger partial charge in [-0.25, -0.2) is 0 Å². The zero-order chi connectivity index (χ0) is 11.7. The molecule has 0 saturated heterocycles. The summed E-state index contributed by atoms with van der Waals surface area (Å²) in [6.07, 6.45) is -0.548. The number of thiophene rings is 1. The van der Waals surface area contributed by atoms with Gasteiger partial charge in [0.05, 0.1) is 0 Å². The second kappa shape index (κ2) is 4.36. The molecule has 0 fully saturated rings. The molecular formula is C13H15NOS. The predicted octanol–water partition coefficient (Wildman–Crippen LogP) is 3.15. The first-order chi connectivity index (χ1) is 7.59. The highest BCUT2D eigenvalue weighted by Gasteiger charge is 2.16. The van der Waals surface area contributed by atoms with Crippen LogP contribution in [0.2, 0.25) is 0 Å². The summed E-state index contributed by atoms with van der Waals surface area (Å²) in [5.41, 5.74) is 3.92. The van der Waals surface area contributed by atoms with Crippen LogP contribution in [0, 0.1) is 20.8 Å². The molecule has 0 amide bonds. The van der Waals surface area contributed by atoms with E-state index in [1.54, 1.807) is 11.3 Å². The number of nitrogens with zero attached hydrogens (tertiary/aromatic N) is 1. The van der Waals surface area contributed by atoms with Gasteiger partial charge in [0.15, 0.2) is 0 Å². The summed E-state index contributed by atoms with van der Waals surface area (Å²) >= 11 is 1.59. The molecule has 2 heterocycles. The van der Waals surface area contributed by atoms with Gasteiger partial charge < -0.3 is 5.11 Å². The Morgan fingerprint density at radius 1 is 1.19 bits per heavy atom. The molecule has 84 valence electrons. The average molecular weight is 233 g/mol. The Morgan fingerprint density at radius 3 is 2.50 bits per heavy atom. The van der Waals surface area contributed by atoms with Crippen LogP contribution >= 0.6 is 11.3 Å². The summed E-state index contributed by atoms with van der Waals surface area (Å²) in [6.45, 7) is 5.92. The lowest BCUT2D eigenvalue weighted by Gasteiger charge is -2.13. The van der Waals surface area contributed by atoms with Crippen molar-refractivity contribution in [2.45, 2.75) is 26.9 Å². The normalized spacial score (nSPS) is 12.8. The van der Waals surface area contributed by atoms with Crippen molar-refractivity contribution in [1.29, 1.82) is 0 Å². The highest BCUT2D eigenvalue weighted by atomic mass is 32.1. The van der Waals surface area contributed by atoms with Crippen LogP contribution in [0.4, 0.5) is 0 Å². The molecular weight excluding hydrogens is 218 g/mol. The third-order valence-corrected chi connectivity index (χ3v) is 3.78. The number of hydrogen-bond donors (Lipinski definition) is 1. The Kier molecular flexibility index (Phi) is 3.08. The van der Waals surface area contributed by atoms with Crippen LogP contribution in [0.25, 0.3) is 0 Å². The number of aliphatic hydroxyl groups is 1. The first-order valence-electron chi connectivity index (χ1n) is 5.26. The molecule has 0 aromatic carbocycles. The number of pyridine rings is 1. The summed E-state index contributed by atoms with van der Waals surface area (Å²) in [5.74, 6) is 0. The van der Waals surface area contributed by atoms with E-state index in [-0.39, 0.29) is 0 Å². The van der Waals surface area contributed by atoms with Gasteiger partial charge in [-0.05, 0) is 43.8 Å². The van der Waals surface area contributed by atoms with E-state index in [0.29, 0.717) is 0 Å². The van der Waals surface area contributed by atoms with Crippen molar-refractivity contribution < 1.29 is 5.11 Å². The number of aliphatic hydroxyl groups excluding tert-OH is 1. The van der Waals surface area contributed by atoms with Gasteiger partial charge in [-0.15, -0.1) is 11.3 Å². The quantitative estimate of drug-likeness (QED) is 0.864. The van der Waals surface area contributed by atoms with Gasteiger partial charge in [0.2, 0.25) is 0 Å². The van der Waals surface area contributed by atoms with Gasteiger partial charge in [-0.2, -0.15) is 0 Å². The van der Waals surface area contributed by atoms with Crippen molar-refractivity contribution in [3.8, 4) is 0 Å². The fourth-order valence-corrected chi connectivity index (χ4v) is 2.72. The average Bonchev–Trinajstić information content (AvgIpc) is 2.63. The minimum atomic E-state index is -0.548. The van der Waals surface area contributed by atoms with Crippen molar-refractivity contribution >= 4 is 11.3 Å². The Hall–Kier alpha value is -1.19. The second-order valence-corrected chi connectivity index (χ2v) is 4.95. The highest BCUT2D eigenvalue weighted by molar-refractivity contribution is 7.10. The van der Waals surface area contributed by atoms with Crippen molar-refractivity contribution in [3.05, 3.63) is 51.0 Å². The molecule has 0 aliphatic carbocycles. The lowest BCUT2D eigenvalue weighted by molar-refractivity contribution is 0.222. The Balaban J connectivity index is 2.41. The van der Waals surface area contributed by atoms with Gasteiger partial charge in [0.1, 0.15) is 6.10 Å². The minimum Gasteiger partial charge on any atom is -0.383 e. The van der Waals surface area contributed by atoms with E-state index in [4.69, 9.17) is 0 Å². The van der Waals surface area contributed by atoms with E-state index in [0.717, 1.165) is 27.4 Å². The van der Waals surface area contributed by atoms with Crippen molar-refractivity contribution in [3.63, 3.8) is 0 Å². The Bertz CT molecular complexity index is 504. The Morgan fingerprint density at radius 2 is 1.94 bits per heavy atom. The molecule has 0 bridgehead atoms. The molecule has 2 rings (SSSR count). The van der Waals surface area contributed by atoms with E-state index in [1.807, 2.05) is 44.4 Å². The standard InChI is InChI=1S/C13H15NOS/c1-8-6-7-16-13(8)12(15)11-5-4-9(2)14-10(11)3/h4-7,12,15H,1-3H3. The smallest absolute Gasteiger partial charge is 0.115 e. The maximum Gasteiger partial charge on any atom is 0.115 e. The van der Waals surface area contributed by atoms with Crippen molar-refractivity contribution in [2.24, 2.45) is 0 Å². The number of aromatic nitrogens is 1. The molecule has 0 aliphatic heterocycles. The molecule has 2 aromatic rings. The summed E-state index contributed by atoms with van der Waals surface area (Å²) in [4.78, 5) is 5.39. The number of rotatable bonds is 2. The summed E-state index contributed by atoms with van der Waals surface area (Å²) < 4.78 is 0. The van der Waals surface area contributed by atoms with E-state index in [2.05, 4.69) is 4.98 Å². The molecule has 2 aromatic heterocycles. The predicted molar refractivity (Wildman–Crippen MR) is 66.8 cm³/mol. The topological polar surface area (TPSA) is 33.1 Å². The largest absolute Gasteiger partial charge is 0.383 e. The first-order valence-corrected chi connectivity index (χ1v) is 6.13. The van der Waals surface area contributed by atoms with Crippen molar-refractivity contribution in [1.82, 2.24) is 4.98 Å². The number of aryl methyl sites for hydroxylation is 3. The molecule has 0 saturated carbocycles. The zero-order valence-electron chi connectivity index (χ0n) is 9.69. The molecule has 0 radical (unpaired) electrons. The SMILES string of the molecule is Cc1ccc(C(O)c2sccc2C)c(C)n1. The summed E-state index contributed by atoms with van der Waals surface area (Å²) in [6, 6.07) is 5.93. The third-order valence-electron chi connectivity index (χ3n) is 2.71. The van der Waals surface area contributed by atoms with Crippen LogP contribution in [-0.4, -0.2) is 10.1 Å². The van der Waals surface area contributed by atoms with Gasteiger partial charge in [0.25, 0.3) is 0 Å². The second-order valence-electron chi connectivity index (χ2n) is 4.00. The molecule has 1 atom stereocenters. The molecule has 1 N–H and O–H groups in total. The Labute approximate surface area is 99.6 Å². The summed E-state index contributed by atoms with van der Waals surface area (Å²) in [7, 11) is 0. The van der Waals surface area contributed by atoms with Crippen LogP contribution in [0.1, 0.15) is 33.5 Å². The maximum absolute atomic E-state index is 10.3. The molecule has 16 heavy (non-hydrogen) atoms. The van der Waals surface area contributed by atoms with Crippen LogP contribution in [0.15, 0.2) is 23.6 Å². The van der Waals surface area contributed by atoms with E-state index in [9.17, 15) is 5.11 Å². The van der Waals surface area contributed by atoms with Gasteiger partial charge >= 0.3 is 0 Å². The van der Waals surface area contributed by atoms with E-state index in [1.165, 1.54) is 0 Å². The van der Waals surface area contributed by atoms with Crippen LogP contribution < -0.4 is 0 Å². The molecule has 1 unspecified atom stereocenters. The number of hydrogen-bond acceptors (Lipinski definition) is 3. The summed E-state index contributed by atoms with van der Waals surface area (Å²) in [5, 5.41) is 12.3. The fraction of sp³-hybridized carbons (Fsp3) is 0.308. The zero-order valence-corrected chi connectivity index (χ0v) is 10.5. The van der Waals surface area contributed by atoms with Crippen LogP contribution in [0.3, 0.4) is 0 Å². The lowest BCUT2D eigenvalue weighted by atomic mass is 10.0. The van der Waals surface area contributed by atoms with Gasteiger partial charge in [0, 0.05) is 21.8 Å². The minimum absolute atomic E-state index is 0.548. The lowest BCUT2D eigenvalue weighted by Crippen LogP contribution is -2.03.